The molecule has 0 spiro atoms. The highest BCUT2D eigenvalue weighted by Gasteiger charge is 2.37. The van der Waals surface area contributed by atoms with Gasteiger partial charge >= 0.3 is 0 Å². The van der Waals surface area contributed by atoms with Crippen LogP contribution in [-0.2, 0) is 14.3 Å². The van der Waals surface area contributed by atoms with E-state index in [1.807, 2.05) is 22.6 Å². The number of phenols is 1. The summed E-state index contributed by atoms with van der Waals surface area (Å²) in [6, 6.07) is 3.36. The maximum absolute atomic E-state index is 12.5. The van der Waals surface area contributed by atoms with Crippen LogP contribution in [0.1, 0.15) is 5.56 Å². The number of aromatic hydroxyl groups is 1. The Balaban J connectivity index is 1.75. The van der Waals surface area contributed by atoms with Crippen molar-refractivity contribution in [2.75, 3.05) is 32.8 Å². The number of rotatable bonds is 3. The quantitative estimate of drug-likeness (QED) is 0.458. The van der Waals surface area contributed by atoms with Crippen LogP contribution in [0.4, 0.5) is 4.79 Å². The van der Waals surface area contributed by atoms with Gasteiger partial charge in [-0.25, -0.2) is 0 Å². The minimum absolute atomic E-state index is 0.118. The zero-order valence-corrected chi connectivity index (χ0v) is 18.0. The van der Waals surface area contributed by atoms with E-state index < -0.39 is 11.1 Å². The van der Waals surface area contributed by atoms with Crippen molar-refractivity contribution in [3.63, 3.8) is 0 Å². The van der Waals surface area contributed by atoms with Gasteiger partial charge in [0.2, 0.25) is 5.91 Å². The molecule has 2 saturated heterocycles. The number of benzene rings is 1. The lowest BCUT2D eigenvalue weighted by Crippen LogP contribution is -2.46. The van der Waals surface area contributed by atoms with E-state index in [0.717, 1.165) is 16.7 Å². The van der Waals surface area contributed by atoms with Crippen molar-refractivity contribution in [3.8, 4) is 5.75 Å². The largest absolute Gasteiger partial charge is 0.506 e. The first-order chi connectivity index (χ1) is 12.4. The molecule has 0 radical (unpaired) electrons. The van der Waals surface area contributed by atoms with Crippen molar-refractivity contribution < 1.29 is 24.2 Å². The van der Waals surface area contributed by atoms with Crippen LogP contribution in [0.5, 0.6) is 5.75 Å². The SMILES string of the molecule is O=C(CN1C(=O)S/C(=C/c2cc(Br)c(O)c(I)c2)C1=O)N1CCOCC1. The van der Waals surface area contributed by atoms with Crippen molar-refractivity contribution in [2.24, 2.45) is 0 Å². The lowest BCUT2D eigenvalue weighted by Gasteiger charge is -2.28. The first-order valence-electron chi connectivity index (χ1n) is 7.65. The van der Waals surface area contributed by atoms with E-state index in [0.29, 0.717) is 39.9 Å². The van der Waals surface area contributed by atoms with Crippen molar-refractivity contribution in [1.29, 1.82) is 0 Å². The summed E-state index contributed by atoms with van der Waals surface area (Å²) in [6.45, 7) is 1.58. The van der Waals surface area contributed by atoms with E-state index in [1.165, 1.54) is 0 Å². The monoisotopic (exact) mass is 552 g/mol. The molecule has 10 heteroatoms. The van der Waals surface area contributed by atoms with E-state index in [1.54, 1.807) is 23.1 Å². The maximum Gasteiger partial charge on any atom is 0.294 e. The summed E-state index contributed by atoms with van der Waals surface area (Å²) in [5, 5.41) is 9.33. The molecule has 2 aliphatic heterocycles. The normalized spacial score (nSPS) is 19.5. The fourth-order valence-corrected chi connectivity index (χ4v) is 4.84. The molecule has 138 valence electrons. The Morgan fingerprint density at radius 2 is 2.04 bits per heavy atom. The molecule has 26 heavy (non-hydrogen) atoms. The van der Waals surface area contributed by atoms with Gasteiger partial charge in [0.1, 0.15) is 12.3 Å². The molecule has 1 aromatic rings. The number of ether oxygens (including phenoxy) is 1. The summed E-state index contributed by atoms with van der Waals surface area (Å²) >= 11 is 6.03. The summed E-state index contributed by atoms with van der Waals surface area (Å²) < 4.78 is 6.31. The predicted molar refractivity (Wildman–Crippen MR) is 109 cm³/mol. The molecule has 7 nitrogen and oxygen atoms in total. The van der Waals surface area contributed by atoms with E-state index in [9.17, 15) is 19.5 Å². The third kappa shape index (κ3) is 4.24. The summed E-state index contributed by atoms with van der Waals surface area (Å²) in [6.07, 6.45) is 1.58. The average molecular weight is 553 g/mol. The van der Waals surface area contributed by atoms with Crippen LogP contribution in [-0.4, -0.2) is 64.8 Å². The molecule has 3 rings (SSSR count). The first-order valence-corrected chi connectivity index (χ1v) is 10.3. The van der Waals surface area contributed by atoms with Crippen molar-refractivity contribution in [2.45, 2.75) is 0 Å². The Hall–Kier alpha value is -1.11. The number of hydrogen-bond donors (Lipinski definition) is 1. The molecule has 0 atom stereocenters. The van der Waals surface area contributed by atoms with Gasteiger partial charge in [-0.05, 0) is 74.1 Å². The lowest BCUT2D eigenvalue weighted by atomic mass is 10.2. The Morgan fingerprint density at radius 1 is 1.35 bits per heavy atom. The van der Waals surface area contributed by atoms with Crippen LogP contribution >= 0.6 is 50.3 Å². The van der Waals surface area contributed by atoms with Gasteiger partial charge in [-0.1, -0.05) is 0 Å². The highest BCUT2D eigenvalue weighted by Crippen LogP contribution is 2.35. The van der Waals surface area contributed by atoms with E-state index in [4.69, 9.17) is 4.74 Å². The van der Waals surface area contributed by atoms with E-state index >= 15 is 0 Å². The Morgan fingerprint density at radius 3 is 2.69 bits per heavy atom. The molecule has 2 fully saturated rings. The Labute approximate surface area is 176 Å². The van der Waals surface area contributed by atoms with Gasteiger partial charge in [0.05, 0.1) is 26.2 Å². The molecule has 0 bridgehead atoms. The third-order valence-electron chi connectivity index (χ3n) is 3.87. The van der Waals surface area contributed by atoms with Crippen molar-refractivity contribution >= 4 is 73.4 Å². The number of carbonyl (C=O) groups is 3. The molecule has 0 unspecified atom stereocenters. The van der Waals surface area contributed by atoms with Crippen LogP contribution in [0, 0.1) is 3.57 Å². The molecule has 0 aromatic heterocycles. The Bertz CT molecular complexity index is 787. The van der Waals surface area contributed by atoms with Crippen molar-refractivity contribution in [1.82, 2.24) is 9.80 Å². The van der Waals surface area contributed by atoms with Crippen molar-refractivity contribution in [3.05, 3.63) is 30.6 Å². The highest BCUT2D eigenvalue weighted by atomic mass is 127. The zero-order chi connectivity index (χ0) is 18.8. The standard InChI is InChI=1S/C16H14BrIN2O5S/c17-10-5-9(6-11(18)14(10)22)7-12-15(23)20(16(24)26-12)8-13(21)19-1-3-25-4-2-19/h5-7,22H,1-4,8H2/b12-7+. The average Bonchev–Trinajstić information content (AvgIpc) is 2.87. The number of thioether (sulfide) groups is 1. The van der Waals surface area contributed by atoms with Gasteiger partial charge in [-0.15, -0.1) is 0 Å². The second kappa shape index (κ2) is 8.28. The molecule has 0 aliphatic carbocycles. The minimum Gasteiger partial charge on any atom is -0.506 e. The van der Waals surface area contributed by atoms with E-state index in [-0.39, 0.29) is 23.1 Å². The van der Waals surface area contributed by atoms with Crippen LogP contribution in [0.2, 0.25) is 0 Å². The van der Waals surface area contributed by atoms with E-state index in [2.05, 4.69) is 15.9 Å². The summed E-state index contributed by atoms with van der Waals surface area (Å²) in [5.74, 6) is -0.633. The number of morpholine rings is 1. The number of nitrogens with zero attached hydrogens (tertiary/aromatic N) is 2. The van der Waals surface area contributed by atoms with Crippen LogP contribution in [0.15, 0.2) is 21.5 Å². The minimum atomic E-state index is -0.485. The number of hydrogen-bond acceptors (Lipinski definition) is 6. The number of halogens is 2. The molecule has 1 aromatic carbocycles. The number of phenolic OH excluding ortho intramolecular Hbond substituents is 1. The van der Waals surface area contributed by atoms with Crippen LogP contribution in [0.3, 0.4) is 0 Å². The molecule has 1 N–H and O–H groups in total. The molecular formula is C16H14BrIN2O5S. The van der Waals surface area contributed by atoms with Gasteiger partial charge in [-0.3, -0.25) is 19.3 Å². The van der Waals surface area contributed by atoms with Crippen LogP contribution in [0.25, 0.3) is 6.08 Å². The summed E-state index contributed by atoms with van der Waals surface area (Å²) in [5.41, 5.74) is 0.670. The van der Waals surface area contributed by atoms with Gasteiger partial charge in [0.15, 0.2) is 0 Å². The molecule has 0 saturated carbocycles. The lowest BCUT2D eigenvalue weighted by molar-refractivity contribution is -0.139. The molecule has 2 aliphatic rings. The van der Waals surface area contributed by atoms with Gasteiger partial charge in [-0.2, -0.15) is 0 Å². The smallest absolute Gasteiger partial charge is 0.294 e. The van der Waals surface area contributed by atoms with Gasteiger partial charge in [0, 0.05) is 13.1 Å². The second-order valence-corrected chi connectivity index (χ2v) is 8.60. The predicted octanol–water partition coefficient (Wildman–Crippen LogP) is 2.65. The third-order valence-corrected chi connectivity index (χ3v) is 6.20. The summed E-state index contributed by atoms with van der Waals surface area (Å²) in [7, 11) is 0. The zero-order valence-electron chi connectivity index (χ0n) is 13.4. The maximum atomic E-state index is 12.5. The van der Waals surface area contributed by atoms with Gasteiger partial charge in [0.25, 0.3) is 11.1 Å². The Kier molecular flexibility index (Phi) is 6.25. The highest BCUT2D eigenvalue weighted by molar-refractivity contribution is 14.1. The molecule has 3 amide bonds. The fourth-order valence-electron chi connectivity index (χ4n) is 2.50. The number of imide groups is 1. The number of carbonyl (C=O) groups excluding carboxylic acids is 3. The topological polar surface area (TPSA) is 87.2 Å². The second-order valence-electron chi connectivity index (χ2n) is 5.59. The summed E-state index contributed by atoms with van der Waals surface area (Å²) in [4.78, 5) is 39.8. The van der Waals surface area contributed by atoms with Gasteiger partial charge < -0.3 is 14.7 Å². The van der Waals surface area contributed by atoms with Crippen LogP contribution < -0.4 is 0 Å². The molecular weight excluding hydrogens is 539 g/mol. The fraction of sp³-hybridized carbons (Fsp3) is 0.312. The first kappa shape index (κ1) is 19.6. The number of amides is 3. The molecule has 2 heterocycles.